The number of hydrogen-bond acceptors (Lipinski definition) is 3. The third kappa shape index (κ3) is 4.20. The summed E-state index contributed by atoms with van der Waals surface area (Å²) in [6.45, 7) is 4.47. The molecule has 1 aliphatic heterocycles. The second-order valence-corrected chi connectivity index (χ2v) is 9.03. The maximum absolute atomic E-state index is 12.3. The number of carbonyl (C=O) groups is 1. The molecule has 2 rings (SSSR count). The van der Waals surface area contributed by atoms with Crippen LogP contribution in [0.3, 0.4) is 0 Å². The zero-order valence-corrected chi connectivity index (χ0v) is 15.8. The van der Waals surface area contributed by atoms with Gasteiger partial charge in [0.05, 0.1) is 5.75 Å². The third-order valence-corrected chi connectivity index (χ3v) is 6.58. The van der Waals surface area contributed by atoms with Crippen molar-refractivity contribution in [3.05, 3.63) is 27.3 Å². The van der Waals surface area contributed by atoms with E-state index in [0.717, 1.165) is 14.8 Å². The molecule has 0 aromatic heterocycles. The Bertz CT molecular complexity index is 653. The molecule has 0 radical (unpaired) electrons. The van der Waals surface area contributed by atoms with Gasteiger partial charge in [-0.25, -0.2) is 12.7 Å². The van der Waals surface area contributed by atoms with Gasteiger partial charge < -0.3 is 5.32 Å². The van der Waals surface area contributed by atoms with E-state index in [2.05, 4.69) is 27.9 Å². The van der Waals surface area contributed by atoms with Crippen molar-refractivity contribution < 1.29 is 13.2 Å². The molecule has 1 aliphatic rings. The average molecular weight is 436 g/mol. The number of halogens is 1. The number of piperidine rings is 1. The van der Waals surface area contributed by atoms with Gasteiger partial charge in [-0.15, -0.1) is 0 Å². The first-order chi connectivity index (χ1) is 10.3. The van der Waals surface area contributed by atoms with Crippen LogP contribution in [0.5, 0.6) is 0 Å². The molecule has 5 nitrogen and oxygen atoms in total. The van der Waals surface area contributed by atoms with Crippen LogP contribution in [0, 0.1) is 16.4 Å². The molecule has 0 unspecified atom stereocenters. The van der Waals surface area contributed by atoms with E-state index in [9.17, 15) is 13.2 Å². The highest BCUT2D eigenvalue weighted by Crippen LogP contribution is 2.23. The minimum Gasteiger partial charge on any atom is -0.326 e. The highest BCUT2D eigenvalue weighted by Gasteiger charge is 2.30. The van der Waals surface area contributed by atoms with Crippen LogP contribution in [-0.4, -0.2) is 37.5 Å². The summed E-state index contributed by atoms with van der Waals surface area (Å²) in [5.41, 5.74) is 1.86. The lowest BCUT2D eigenvalue weighted by atomic mass is 9.97. The van der Waals surface area contributed by atoms with E-state index in [1.807, 2.05) is 25.1 Å². The summed E-state index contributed by atoms with van der Waals surface area (Å²) in [7, 11) is -3.14. The molecule has 1 aromatic carbocycles. The minimum atomic E-state index is -3.14. The number of anilines is 1. The van der Waals surface area contributed by atoms with Crippen molar-refractivity contribution in [2.45, 2.75) is 26.7 Å². The summed E-state index contributed by atoms with van der Waals surface area (Å²) in [6.07, 6.45) is 1.16. The van der Waals surface area contributed by atoms with Crippen molar-refractivity contribution in [3.63, 3.8) is 0 Å². The van der Waals surface area contributed by atoms with Gasteiger partial charge in [0, 0.05) is 28.3 Å². The van der Waals surface area contributed by atoms with E-state index in [0.29, 0.717) is 25.9 Å². The van der Waals surface area contributed by atoms with Crippen molar-refractivity contribution in [1.82, 2.24) is 4.31 Å². The Labute approximate surface area is 145 Å². The zero-order chi connectivity index (χ0) is 16.3. The lowest BCUT2D eigenvalue weighted by Gasteiger charge is -2.30. The molecule has 1 aromatic rings. The number of nitrogens with zero attached hydrogens (tertiary/aromatic N) is 1. The smallest absolute Gasteiger partial charge is 0.227 e. The van der Waals surface area contributed by atoms with Gasteiger partial charge in [0.1, 0.15) is 0 Å². The lowest BCUT2D eigenvalue weighted by Crippen LogP contribution is -2.42. The van der Waals surface area contributed by atoms with Crippen molar-refractivity contribution in [2.24, 2.45) is 5.92 Å². The van der Waals surface area contributed by atoms with Gasteiger partial charge >= 0.3 is 0 Å². The van der Waals surface area contributed by atoms with E-state index in [1.165, 1.54) is 4.31 Å². The van der Waals surface area contributed by atoms with Crippen LogP contribution in [-0.2, 0) is 14.8 Å². The van der Waals surface area contributed by atoms with Crippen LogP contribution in [0.15, 0.2) is 18.2 Å². The van der Waals surface area contributed by atoms with Crippen LogP contribution >= 0.6 is 22.6 Å². The minimum absolute atomic E-state index is 0.0159. The Kier molecular flexibility index (Phi) is 5.84. The van der Waals surface area contributed by atoms with E-state index in [1.54, 1.807) is 6.92 Å². The predicted molar refractivity (Wildman–Crippen MR) is 96.3 cm³/mol. The van der Waals surface area contributed by atoms with Gasteiger partial charge in [-0.3, -0.25) is 4.79 Å². The number of sulfonamides is 1. The van der Waals surface area contributed by atoms with Crippen LogP contribution in [0.4, 0.5) is 5.69 Å². The first kappa shape index (κ1) is 17.7. The van der Waals surface area contributed by atoms with Crippen molar-refractivity contribution in [2.75, 3.05) is 24.2 Å². The lowest BCUT2D eigenvalue weighted by molar-refractivity contribution is -0.120. The Morgan fingerprint density at radius 1 is 1.36 bits per heavy atom. The number of hydrogen-bond donors (Lipinski definition) is 1. The molecule has 0 spiro atoms. The second kappa shape index (κ2) is 7.27. The topological polar surface area (TPSA) is 66.5 Å². The van der Waals surface area contributed by atoms with Gasteiger partial charge in [0.25, 0.3) is 0 Å². The Morgan fingerprint density at radius 2 is 2.00 bits per heavy atom. The van der Waals surface area contributed by atoms with Gasteiger partial charge in [-0.1, -0.05) is 0 Å². The van der Waals surface area contributed by atoms with Crippen molar-refractivity contribution >= 4 is 44.2 Å². The molecule has 1 fully saturated rings. The molecule has 0 atom stereocenters. The van der Waals surface area contributed by atoms with E-state index < -0.39 is 10.0 Å². The maximum atomic E-state index is 12.3. The maximum Gasteiger partial charge on any atom is 0.227 e. The molecular weight excluding hydrogens is 415 g/mol. The van der Waals surface area contributed by atoms with Crippen LogP contribution < -0.4 is 5.32 Å². The number of rotatable bonds is 4. The molecule has 1 heterocycles. The van der Waals surface area contributed by atoms with E-state index in [-0.39, 0.29) is 17.6 Å². The number of benzene rings is 1. The quantitative estimate of drug-likeness (QED) is 0.739. The first-order valence-electron chi connectivity index (χ1n) is 7.38. The Morgan fingerprint density at radius 3 is 2.55 bits per heavy atom. The molecular formula is C15H21IN2O3S. The zero-order valence-electron chi connectivity index (χ0n) is 12.8. The molecule has 1 saturated heterocycles. The summed E-state index contributed by atoms with van der Waals surface area (Å²) in [5.74, 6) is -0.0223. The standard InChI is InChI=1S/C15H21IN2O3S/c1-3-22(20,21)18-8-6-12(7-9-18)15(19)17-14-5-4-13(16)10-11(14)2/h4-5,10,12H,3,6-9H2,1-2H3,(H,17,19). The van der Waals surface area contributed by atoms with Gasteiger partial charge in [-0.05, 0) is 73.0 Å². The predicted octanol–water partition coefficient (Wildman–Crippen LogP) is 2.60. The average Bonchev–Trinajstić information content (AvgIpc) is 2.50. The molecule has 22 heavy (non-hydrogen) atoms. The van der Waals surface area contributed by atoms with Gasteiger partial charge in [0.15, 0.2) is 0 Å². The summed E-state index contributed by atoms with van der Waals surface area (Å²) in [4.78, 5) is 12.3. The summed E-state index contributed by atoms with van der Waals surface area (Å²) < 4.78 is 26.3. The SMILES string of the molecule is CCS(=O)(=O)N1CCC(C(=O)Nc2ccc(I)cc2C)CC1. The molecule has 7 heteroatoms. The van der Waals surface area contributed by atoms with E-state index >= 15 is 0 Å². The second-order valence-electron chi connectivity index (χ2n) is 5.52. The van der Waals surface area contributed by atoms with Crippen molar-refractivity contribution in [1.29, 1.82) is 0 Å². The fourth-order valence-corrected chi connectivity index (χ4v) is 4.36. The number of amides is 1. The Hall–Kier alpha value is -0.670. The molecule has 1 N–H and O–H groups in total. The van der Waals surface area contributed by atoms with Gasteiger partial charge in [-0.2, -0.15) is 0 Å². The van der Waals surface area contributed by atoms with Crippen LogP contribution in [0.25, 0.3) is 0 Å². The normalized spacial score (nSPS) is 17.4. The molecule has 0 saturated carbocycles. The van der Waals surface area contributed by atoms with Crippen molar-refractivity contribution in [3.8, 4) is 0 Å². The third-order valence-electron chi connectivity index (χ3n) is 4.03. The summed E-state index contributed by atoms with van der Waals surface area (Å²) in [6, 6.07) is 5.89. The van der Waals surface area contributed by atoms with Gasteiger partial charge in [0.2, 0.25) is 15.9 Å². The fourth-order valence-electron chi connectivity index (χ4n) is 2.58. The fraction of sp³-hybridized carbons (Fsp3) is 0.533. The summed E-state index contributed by atoms with van der Waals surface area (Å²) in [5, 5.41) is 2.96. The van der Waals surface area contributed by atoms with Crippen LogP contribution in [0.2, 0.25) is 0 Å². The highest BCUT2D eigenvalue weighted by molar-refractivity contribution is 14.1. The largest absolute Gasteiger partial charge is 0.326 e. The van der Waals surface area contributed by atoms with E-state index in [4.69, 9.17) is 0 Å². The molecule has 0 aliphatic carbocycles. The number of carbonyl (C=O) groups excluding carboxylic acids is 1. The van der Waals surface area contributed by atoms with Crippen LogP contribution in [0.1, 0.15) is 25.3 Å². The molecule has 122 valence electrons. The highest BCUT2D eigenvalue weighted by atomic mass is 127. The first-order valence-corrected chi connectivity index (χ1v) is 10.1. The monoisotopic (exact) mass is 436 g/mol. The summed E-state index contributed by atoms with van der Waals surface area (Å²) >= 11 is 2.24. The molecule has 0 bridgehead atoms. The molecule has 1 amide bonds. The number of aryl methyl sites for hydroxylation is 1. The number of nitrogens with one attached hydrogen (secondary N) is 1. The Balaban J connectivity index is 1.95.